The van der Waals surface area contributed by atoms with Crippen LogP contribution in [0.25, 0.3) is 0 Å². The molecule has 4 heavy (non-hydrogen) atoms. The van der Waals surface area contributed by atoms with Crippen LogP contribution in [0.1, 0.15) is 0 Å². The summed E-state index contributed by atoms with van der Waals surface area (Å²) in [6.45, 7) is 0. The quantitative estimate of drug-likeness (QED) is 0.370. The molecule has 0 amide bonds. The van der Waals surface area contributed by atoms with Crippen molar-refractivity contribution in [1.82, 2.24) is 0 Å². The first-order valence-electron chi connectivity index (χ1n) is 0.167. The molecule has 0 fully saturated rings. The molecule has 4 heteroatoms. The Hall–Kier alpha value is 1.04. The molecule has 0 spiro atoms. The average molecular weight is 210 g/mol. The van der Waals surface area contributed by atoms with Gasteiger partial charge in [0.1, 0.15) is 0 Å². The summed E-state index contributed by atoms with van der Waals surface area (Å²) in [6.07, 6.45) is 0. The van der Waals surface area contributed by atoms with Crippen molar-refractivity contribution in [3.05, 3.63) is 0 Å². The maximum absolute atomic E-state index is 7.83. The zero-order chi connectivity index (χ0) is 2.00. The molecular weight excluding hydrogens is 210 g/mol. The molecule has 0 heterocycles. The SMILES string of the molecule is O=S.[Cl-].[I+]. The van der Waals surface area contributed by atoms with E-state index in [0.717, 1.165) is 0 Å². The van der Waals surface area contributed by atoms with Crippen molar-refractivity contribution in [2.45, 2.75) is 0 Å². The third-order valence-electron chi connectivity index (χ3n) is 0. The Morgan fingerprint density at radius 2 is 1.25 bits per heavy atom. The predicted molar refractivity (Wildman–Crippen MR) is 8.14 cm³/mol. The molecule has 0 aliphatic heterocycles. The standard InChI is InChI=1S/ClH.I.OS/c;;1-2/h1H;;/q;+1;/p-1. The second-order valence-electron chi connectivity index (χ2n) is 0. The van der Waals surface area contributed by atoms with E-state index in [9.17, 15) is 0 Å². The van der Waals surface area contributed by atoms with Crippen molar-refractivity contribution in [2.75, 3.05) is 0 Å². The number of hydrogen-bond acceptors (Lipinski definition) is 2. The molecule has 0 aromatic heterocycles. The monoisotopic (exact) mass is 210 g/mol. The van der Waals surface area contributed by atoms with Crippen molar-refractivity contribution < 1.29 is 40.6 Å². The first-order valence-corrected chi connectivity index (χ1v) is 0.500. The van der Waals surface area contributed by atoms with E-state index >= 15 is 0 Å². The summed E-state index contributed by atoms with van der Waals surface area (Å²) in [5.74, 6) is 0. The highest BCUT2D eigenvalue weighted by Gasteiger charge is 1.00. The first-order chi connectivity index (χ1) is 1.00. The second kappa shape index (κ2) is 34.5. The van der Waals surface area contributed by atoms with E-state index < -0.39 is 0 Å². The van der Waals surface area contributed by atoms with E-state index in [1.54, 1.807) is 0 Å². The van der Waals surface area contributed by atoms with Gasteiger partial charge in [-0.1, -0.05) is 0 Å². The van der Waals surface area contributed by atoms with Gasteiger partial charge in [0, 0.05) is 0 Å². The van der Waals surface area contributed by atoms with E-state index in [4.69, 9.17) is 4.21 Å². The molecule has 0 aromatic rings. The molecule has 26 valence electrons. The molecule has 0 unspecified atom stereocenters. The normalized spacial score (nSPS) is 1.00. The maximum atomic E-state index is 7.83. The van der Waals surface area contributed by atoms with Gasteiger partial charge in [-0.25, -0.2) is 0 Å². The zero-order valence-electron chi connectivity index (χ0n) is 1.57. The minimum atomic E-state index is 0. The lowest BCUT2D eigenvalue weighted by Gasteiger charge is -1.00. The highest BCUT2D eigenvalue weighted by atomic mass is 127. The molecule has 0 saturated carbocycles. The van der Waals surface area contributed by atoms with E-state index in [1.807, 2.05) is 0 Å². The Morgan fingerprint density at radius 1 is 1.25 bits per heavy atom. The minimum Gasteiger partial charge on any atom is -1.00 e. The molecule has 0 bridgehead atoms. The summed E-state index contributed by atoms with van der Waals surface area (Å²) in [5, 5.41) is 0. The van der Waals surface area contributed by atoms with E-state index in [0.29, 0.717) is 0 Å². The number of halogens is 2. The second-order valence-corrected chi connectivity index (χ2v) is 0. The summed E-state index contributed by atoms with van der Waals surface area (Å²) >= 11 is 2.83. The Kier molecular flexibility index (Phi) is 171. The smallest absolute Gasteiger partial charge is 1.00 e. The van der Waals surface area contributed by atoms with E-state index in [-0.39, 0.29) is 36.4 Å². The molecular formula is ClIOS. The van der Waals surface area contributed by atoms with Gasteiger partial charge in [-0.05, 0) is 0 Å². The molecule has 0 aliphatic carbocycles. The van der Waals surface area contributed by atoms with Gasteiger partial charge in [0.05, 0.1) is 0 Å². The minimum absolute atomic E-state index is 0. The largest absolute Gasteiger partial charge is 1.00 e. The summed E-state index contributed by atoms with van der Waals surface area (Å²) in [5.41, 5.74) is 0. The van der Waals surface area contributed by atoms with Crippen LogP contribution in [0.2, 0.25) is 0 Å². The molecule has 0 atom stereocenters. The summed E-state index contributed by atoms with van der Waals surface area (Å²) < 4.78 is 7.83. The summed E-state index contributed by atoms with van der Waals surface area (Å²) in [4.78, 5) is 0. The van der Waals surface area contributed by atoms with Crippen molar-refractivity contribution in [1.29, 1.82) is 0 Å². The van der Waals surface area contributed by atoms with Crippen LogP contribution in [0.15, 0.2) is 0 Å². The predicted octanol–water partition coefficient (Wildman–Crippen LogP) is -6.33. The van der Waals surface area contributed by atoms with Gasteiger partial charge < -0.3 is 12.4 Å². The first kappa shape index (κ1) is 19.8. The third-order valence-corrected chi connectivity index (χ3v) is 0. The van der Waals surface area contributed by atoms with Crippen LogP contribution in [0.3, 0.4) is 0 Å². The molecule has 0 aliphatic rings. The van der Waals surface area contributed by atoms with Gasteiger partial charge in [-0.2, -0.15) is 4.21 Å². The van der Waals surface area contributed by atoms with Crippen LogP contribution in [0.4, 0.5) is 0 Å². The van der Waals surface area contributed by atoms with Gasteiger partial charge in [0.2, 0.25) is 0 Å². The van der Waals surface area contributed by atoms with E-state index in [2.05, 4.69) is 12.5 Å². The van der Waals surface area contributed by atoms with Crippen molar-refractivity contribution in [3.63, 3.8) is 0 Å². The van der Waals surface area contributed by atoms with Gasteiger partial charge in [0.15, 0.2) is 12.5 Å². The van der Waals surface area contributed by atoms with Gasteiger partial charge in [-0.15, -0.1) is 0 Å². The van der Waals surface area contributed by atoms with Crippen molar-refractivity contribution in [3.8, 4) is 0 Å². The third kappa shape index (κ3) is 11.7. The van der Waals surface area contributed by atoms with Crippen LogP contribution in [0, 0.1) is 0 Å². The highest BCUT2D eigenvalue weighted by molar-refractivity contribution is 7.44. The Morgan fingerprint density at radius 3 is 1.25 bits per heavy atom. The number of hydrogen-bond donors (Lipinski definition) is 0. The van der Waals surface area contributed by atoms with Crippen LogP contribution < -0.4 is 36.4 Å². The molecule has 1 nitrogen and oxygen atoms in total. The highest BCUT2D eigenvalue weighted by Crippen LogP contribution is 0.558. The summed E-state index contributed by atoms with van der Waals surface area (Å²) in [6, 6.07) is 0. The van der Waals surface area contributed by atoms with Crippen molar-refractivity contribution >= 4 is 12.5 Å². The Balaban J connectivity index is -0.00000000500. The average Bonchev–Trinajstić information content (AvgIpc) is 1.00. The van der Waals surface area contributed by atoms with E-state index in [1.165, 1.54) is 0 Å². The fourth-order valence-electron chi connectivity index (χ4n) is 0. The molecule has 0 rings (SSSR count). The summed E-state index contributed by atoms with van der Waals surface area (Å²) in [7, 11) is 0. The maximum Gasteiger partial charge on any atom is 1.00 e. The molecule has 0 saturated heterocycles. The Labute approximate surface area is 53.1 Å². The van der Waals surface area contributed by atoms with Crippen molar-refractivity contribution in [2.24, 2.45) is 0 Å². The molecule has 0 N–H and O–H groups in total. The molecule has 2 radical (unpaired) electrons. The van der Waals surface area contributed by atoms with Crippen LogP contribution in [-0.2, 0) is 12.5 Å². The van der Waals surface area contributed by atoms with Gasteiger partial charge >= 0.3 is 24.0 Å². The Bertz CT molecular complexity index is 8.00. The molecule has 0 aromatic carbocycles. The topological polar surface area (TPSA) is 17.1 Å². The van der Waals surface area contributed by atoms with Gasteiger partial charge in [-0.3, -0.25) is 0 Å². The number of rotatable bonds is 0. The van der Waals surface area contributed by atoms with Gasteiger partial charge in [0.25, 0.3) is 0 Å². The lowest BCUT2D eigenvalue weighted by molar-refractivity contribution is -0.00100. The fourth-order valence-corrected chi connectivity index (χ4v) is 0. The zero-order valence-corrected chi connectivity index (χ0v) is 5.30. The fraction of sp³-hybridized carbons (Fsp3) is 0. The lowest BCUT2D eigenvalue weighted by Crippen LogP contribution is -3.00. The van der Waals surface area contributed by atoms with Crippen LogP contribution in [-0.4, -0.2) is 4.21 Å². The lowest BCUT2D eigenvalue weighted by atomic mass is 16.0. The van der Waals surface area contributed by atoms with Crippen LogP contribution >= 0.6 is 0 Å². The van der Waals surface area contributed by atoms with Crippen LogP contribution in [0.5, 0.6) is 0 Å².